The Bertz CT molecular complexity index is 538. The Labute approximate surface area is 118 Å². The minimum absolute atomic E-state index is 0.112. The van der Waals surface area contributed by atoms with Crippen molar-refractivity contribution >= 4 is 22.6 Å². The van der Waals surface area contributed by atoms with Crippen molar-refractivity contribution in [1.82, 2.24) is 15.5 Å². The number of ether oxygens (including phenoxy) is 1. The number of rotatable bonds is 2. The van der Waals surface area contributed by atoms with Crippen molar-refractivity contribution in [2.45, 2.75) is 6.10 Å². The van der Waals surface area contributed by atoms with E-state index in [1.165, 1.54) is 0 Å². The van der Waals surface area contributed by atoms with Crippen LogP contribution in [0.15, 0.2) is 28.8 Å². The summed E-state index contributed by atoms with van der Waals surface area (Å²) in [6.07, 6.45) is -0.112. The molecule has 94 valence electrons. The Hall–Kier alpha value is -0.990. The number of nitrogens with zero attached hydrogens (tertiary/aromatic N) is 2. The second-order valence-corrected chi connectivity index (χ2v) is 5.28. The maximum atomic E-state index is 5.59. The third kappa shape index (κ3) is 2.55. The number of morpholine rings is 1. The zero-order valence-corrected chi connectivity index (χ0v) is 11.8. The van der Waals surface area contributed by atoms with E-state index in [9.17, 15) is 0 Å². The van der Waals surface area contributed by atoms with Crippen molar-refractivity contribution < 1.29 is 9.26 Å². The lowest BCUT2D eigenvalue weighted by atomic mass is 10.2. The number of hydrogen-bond donors (Lipinski definition) is 1. The molecule has 6 heteroatoms. The summed E-state index contributed by atoms with van der Waals surface area (Å²) >= 11 is 2.26. The van der Waals surface area contributed by atoms with Gasteiger partial charge in [-0.15, -0.1) is 0 Å². The Kier molecular flexibility index (Phi) is 3.57. The molecule has 1 N–H and O–H groups in total. The summed E-state index contributed by atoms with van der Waals surface area (Å²) in [5.41, 5.74) is 0.935. The monoisotopic (exact) mass is 357 g/mol. The van der Waals surface area contributed by atoms with E-state index in [4.69, 9.17) is 9.26 Å². The molecule has 0 aliphatic carbocycles. The van der Waals surface area contributed by atoms with E-state index in [0.29, 0.717) is 18.3 Å². The molecule has 0 bridgehead atoms. The lowest BCUT2D eigenvalue weighted by Crippen LogP contribution is -2.33. The summed E-state index contributed by atoms with van der Waals surface area (Å²) in [4.78, 5) is 4.40. The molecule has 1 saturated heterocycles. The molecule has 2 heterocycles. The molecule has 1 aromatic carbocycles. The van der Waals surface area contributed by atoms with Gasteiger partial charge < -0.3 is 14.6 Å². The highest BCUT2D eigenvalue weighted by molar-refractivity contribution is 14.1. The van der Waals surface area contributed by atoms with Crippen molar-refractivity contribution in [3.8, 4) is 11.5 Å². The number of hydrogen-bond acceptors (Lipinski definition) is 5. The minimum atomic E-state index is -0.112. The second-order valence-electron chi connectivity index (χ2n) is 4.03. The molecular weight excluding hydrogens is 345 g/mol. The fraction of sp³-hybridized carbons (Fsp3) is 0.333. The van der Waals surface area contributed by atoms with Gasteiger partial charge in [-0.25, -0.2) is 0 Å². The molecule has 5 nitrogen and oxygen atoms in total. The van der Waals surface area contributed by atoms with Crippen LogP contribution in [0.1, 0.15) is 11.9 Å². The van der Waals surface area contributed by atoms with Crippen molar-refractivity contribution in [3.63, 3.8) is 0 Å². The maximum Gasteiger partial charge on any atom is 0.258 e. The van der Waals surface area contributed by atoms with Crippen LogP contribution in [0.3, 0.4) is 0 Å². The smallest absolute Gasteiger partial charge is 0.258 e. The summed E-state index contributed by atoms with van der Waals surface area (Å²) in [7, 11) is 0. The molecule has 1 aliphatic heterocycles. The van der Waals surface area contributed by atoms with Gasteiger partial charge in [-0.3, -0.25) is 0 Å². The number of aromatic nitrogens is 2. The summed E-state index contributed by atoms with van der Waals surface area (Å²) in [6.45, 7) is 2.28. The predicted octanol–water partition coefficient (Wildman–Crippen LogP) is 2.00. The fourth-order valence-electron chi connectivity index (χ4n) is 1.84. The molecule has 0 amide bonds. The first-order valence-corrected chi connectivity index (χ1v) is 6.83. The Morgan fingerprint density at radius 3 is 3.11 bits per heavy atom. The van der Waals surface area contributed by atoms with Crippen LogP contribution in [0.2, 0.25) is 0 Å². The van der Waals surface area contributed by atoms with Crippen molar-refractivity contribution in [2.24, 2.45) is 0 Å². The topological polar surface area (TPSA) is 60.2 Å². The van der Waals surface area contributed by atoms with Gasteiger partial charge in [0.1, 0.15) is 6.10 Å². The van der Waals surface area contributed by atoms with Crippen molar-refractivity contribution in [1.29, 1.82) is 0 Å². The lowest BCUT2D eigenvalue weighted by Gasteiger charge is -2.20. The lowest BCUT2D eigenvalue weighted by molar-refractivity contribution is 0.0208. The molecular formula is C12H12IN3O2. The maximum absolute atomic E-state index is 5.59. The Morgan fingerprint density at radius 1 is 1.39 bits per heavy atom. The Morgan fingerprint density at radius 2 is 2.33 bits per heavy atom. The van der Waals surface area contributed by atoms with Gasteiger partial charge in [0.05, 0.1) is 6.61 Å². The van der Waals surface area contributed by atoms with Crippen LogP contribution in [-0.2, 0) is 4.74 Å². The average Bonchev–Trinajstić information content (AvgIpc) is 2.89. The molecule has 1 aromatic heterocycles. The first-order chi connectivity index (χ1) is 8.83. The van der Waals surface area contributed by atoms with Gasteiger partial charge in [0.15, 0.2) is 0 Å². The largest absolute Gasteiger partial charge is 0.367 e. The van der Waals surface area contributed by atoms with E-state index >= 15 is 0 Å². The predicted molar refractivity (Wildman–Crippen MR) is 74.0 cm³/mol. The highest BCUT2D eigenvalue weighted by Gasteiger charge is 2.21. The zero-order valence-electron chi connectivity index (χ0n) is 9.60. The summed E-state index contributed by atoms with van der Waals surface area (Å²) in [6, 6.07) is 7.96. The quantitative estimate of drug-likeness (QED) is 0.834. The summed E-state index contributed by atoms with van der Waals surface area (Å²) < 4.78 is 12.0. The molecule has 0 saturated carbocycles. The minimum Gasteiger partial charge on any atom is -0.367 e. The molecule has 3 rings (SSSR count). The third-order valence-corrected chi connectivity index (χ3v) is 3.40. The molecule has 0 radical (unpaired) electrons. The van der Waals surface area contributed by atoms with Crippen LogP contribution >= 0.6 is 22.6 Å². The highest BCUT2D eigenvalue weighted by Crippen LogP contribution is 2.22. The van der Waals surface area contributed by atoms with Crippen LogP contribution in [-0.4, -0.2) is 29.8 Å². The van der Waals surface area contributed by atoms with E-state index in [1.807, 2.05) is 24.3 Å². The van der Waals surface area contributed by atoms with Crippen molar-refractivity contribution in [2.75, 3.05) is 19.7 Å². The molecule has 2 aromatic rings. The number of benzene rings is 1. The van der Waals surface area contributed by atoms with E-state index in [2.05, 4.69) is 38.0 Å². The van der Waals surface area contributed by atoms with Crippen LogP contribution in [0.25, 0.3) is 11.5 Å². The van der Waals surface area contributed by atoms with Gasteiger partial charge >= 0.3 is 0 Å². The fourth-order valence-corrected chi connectivity index (χ4v) is 2.38. The first kappa shape index (κ1) is 12.1. The van der Waals surface area contributed by atoms with E-state index in [1.54, 1.807) is 0 Å². The average molecular weight is 357 g/mol. The third-order valence-electron chi connectivity index (χ3n) is 2.73. The van der Waals surface area contributed by atoms with Gasteiger partial charge in [0.2, 0.25) is 5.82 Å². The van der Waals surface area contributed by atoms with Crippen LogP contribution in [0.5, 0.6) is 0 Å². The van der Waals surface area contributed by atoms with Crippen molar-refractivity contribution in [3.05, 3.63) is 33.7 Å². The van der Waals surface area contributed by atoms with E-state index in [0.717, 1.165) is 22.2 Å². The molecule has 1 unspecified atom stereocenters. The van der Waals surface area contributed by atoms with E-state index < -0.39 is 0 Å². The second kappa shape index (κ2) is 5.33. The van der Waals surface area contributed by atoms with Gasteiger partial charge in [0, 0.05) is 22.2 Å². The van der Waals surface area contributed by atoms with Crippen LogP contribution in [0, 0.1) is 3.57 Å². The molecule has 0 spiro atoms. The summed E-state index contributed by atoms with van der Waals surface area (Å²) in [5.74, 6) is 1.15. The molecule has 1 fully saturated rings. The van der Waals surface area contributed by atoms with Gasteiger partial charge in [-0.1, -0.05) is 11.2 Å². The van der Waals surface area contributed by atoms with Crippen LogP contribution in [0.4, 0.5) is 0 Å². The van der Waals surface area contributed by atoms with E-state index in [-0.39, 0.29) is 6.10 Å². The summed E-state index contributed by atoms with van der Waals surface area (Å²) in [5, 5.41) is 7.24. The molecule has 1 atom stereocenters. The Balaban J connectivity index is 1.84. The molecule has 1 aliphatic rings. The highest BCUT2D eigenvalue weighted by atomic mass is 127. The van der Waals surface area contributed by atoms with Gasteiger partial charge in [-0.05, 0) is 40.8 Å². The zero-order chi connectivity index (χ0) is 12.4. The van der Waals surface area contributed by atoms with Gasteiger partial charge in [0.25, 0.3) is 5.89 Å². The van der Waals surface area contributed by atoms with Gasteiger partial charge in [-0.2, -0.15) is 4.98 Å². The normalized spacial score (nSPS) is 19.9. The standard InChI is InChI=1S/C12H12IN3O2/c13-9-3-1-2-8(6-9)12-15-11(16-18-12)10-7-14-4-5-17-10/h1-3,6,10,14H,4-5,7H2. The first-order valence-electron chi connectivity index (χ1n) is 5.75. The number of halogens is 1. The molecule has 18 heavy (non-hydrogen) atoms. The number of nitrogens with one attached hydrogen (secondary N) is 1. The SMILES string of the molecule is Ic1cccc(-c2nc(C3CNCCO3)no2)c1. The van der Waals surface area contributed by atoms with Crippen LogP contribution < -0.4 is 5.32 Å².